The number of aromatic nitrogens is 3. The van der Waals surface area contributed by atoms with E-state index in [0.717, 1.165) is 38.1 Å². The SMILES string of the molecule is CN(CC(=O)Nc1ccc(Cl)cc1)C/C(O)=C(\C#N)c1nnc2n1CCCCC2. The number of nitriles is 1. The summed E-state index contributed by atoms with van der Waals surface area (Å²) in [6, 6.07) is 8.85. The van der Waals surface area contributed by atoms with E-state index in [1.54, 1.807) is 36.2 Å². The smallest absolute Gasteiger partial charge is 0.238 e. The first-order valence-corrected chi connectivity index (χ1v) is 9.84. The first-order chi connectivity index (χ1) is 14.0. The third-order valence-corrected chi connectivity index (χ3v) is 4.95. The number of anilines is 1. The molecule has 2 heterocycles. The van der Waals surface area contributed by atoms with Crippen LogP contribution in [0, 0.1) is 11.3 Å². The molecular weight excluding hydrogens is 392 g/mol. The van der Waals surface area contributed by atoms with Gasteiger partial charge in [0.15, 0.2) is 5.82 Å². The van der Waals surface area contributed by atoms with Gasteiger partial charge in [0.1, 0.15) is 23.2 Å². The van der Waals surface area contributed by atoms with E-state index in [4.69, 9.17) is 11.6 Å². The number of carbonyl (C=O) groups is 1. The Balaban J connectivity index is 1.66. The van der Waals surface area contributed by atoms with Crippen molar-refractivity contribution in [1.82, 2.24) is 19.7 Å². The number of aliphatic hydroxyl groups excluding tert-OH is 1. The second-order valence-corrected chi connectivity index (χ2v) is 7.50. The molecule has 152 valence electrons. The zero-order chi connectivity index (χ0) is 20.8. The number of allylic oxidation sites excluding steroid dienone is 1. The number of amides is 1. The van der Waals surface area contributed by atoms with Crippen molar-refractivity contribution in [2.24, 2.45) is 0 Å². The van der Waals surface area contributed by atoms with Crippen molar-refractivity contribution >= 4 is 28.8 Å². The molecule has 9 heteroatoms. The van der Waals surface area contributed by atoms with E-state index in [1.165, 1.54) is 0 Å². The summed E-state index contributed by atoms with van der Waals surface area (Å²) >= 11 is 5.84. The number of likely N-dealkylation sites (N-methyl/N-ethyl adjacent to an activating group) is 1. The van der Waals surface area contributed by atoms with E-state index >= 15 is 0 Å². The Morgan fingerprint density at radius 3 is 2.76 bits per heavy atom. The van der Waals surface area contributed by atoms with Gasteiger partial charge in [-0.25, -0.2) is 0 Å². The highest BCUT2D eigenvalue weighted by Gasteiger charge is 2.21. The summed E-state index contributed by atoms with van der Waals surface area (Å²) in [5, 5.41) is 31.8. The second kappa shape index (κ2) is 9.54. The Morgan fingerprint density at radius 2 is 2.03 bits per heavy atom. The summed E-state index contributed by atoms with van der Waals surface area (Å²) in [7, 11) is 1.69. The normalized spacial score (nSPS) is 14.6. The molecule has 8 nitrogen and oxygen atoms in total. The quantitative estimate of drug-likeness (QED) is 0.555. The summed E-state index contributed by atoms with van der Waals surface area (Å²) in [5.74, 6) is 0.862. The van der Waals surface area contributed by atoms with Gasteiger partial charge < -0.3 is 15.0 Å². The minimum Gasteiger partial charge on any atom is -0.509 e. The molecule has 0 saturated carbocycles. The van der Waals surface area contributed by atoms with Crippen molar-refractivity contribution in [2.45, 2.75) is 32.2 Å². The van der Waals surface area contributed by atoms with Crippen molar-refractivity contribution in [2.75, 3.05) is 25.5 Å². The predicted octanol–water partition coefficient (Wildman–Crippen LogP) is 3.02. The average molecular weight is 415 g/mol. The van der Waals surface area contributed by atoms with Crippen LogP contribution < -0.4 is 5.32 Å². The largest absolute Gasteiger partial charge is 0.509 e. The number of nitrogens with one attached hydrogen (secondary N) is 1. The molecule has 0 saturated heterocycles. The van der Waals surface area contributed by atoms with Gasteiger partial charge in [0, 0.05) is 23.7 Å². The number of fused-ring (bicyclic) bond motifs is 1. The highest BCUT2D eigenvalue weighted by molar-refractivity contribution is 6.30. The molecule has 1 aromatic heterocycles. The van der Waals surface area contributed by atoms with Crippen molar-refractivity contribution < 1.29 is 9.90 Å². The Bertz CT molecular complexity index is 945. The van der Waals surface area contributed by atoms with Gasteiger partial charge >= 0.3 is 0 Å². The minimum absolute atomic E-state index is 0.0408. The maximum atomic E-state index is 12.2. The Labute approximate surface area is 174 Å². The number of hydrogen-bond donors (Lipinski definition) is 2. The van der Waals surface area contributed by atoms with Gasteiger partial charge in [-0.2, -0.15) is 5.26 Å². The zero-order valence-electron chi connectivity index (χ0n) is 16.2. The standard InChI is InChI=1S/C20H23ClN6O2/c1-26(13-19(29)23-15-8-6-14(21)7-9-15)12-17(28)16(11-22)20-25-24-18-5-3-2-4-10-27(18)20/h6-9,28H,2-5,10,12-13H2,1H3,(H,23,29)/b17-16-. The number of hydrogen-bond acceptors (Lipinski definition) is 6. The summed E-state index contributed by atoms with van der Waals surface area (Å²) in [5.41, 5.74) is 0.729. The molecule has 0 radical (unpaired) electrons. The third-order valence-electron chi connectivity index (χ3n) is 4.69. The number of halogens is 1. The van der Waals surface area contributed by atoms with Gasteiger partial charge in [-0.3, -0.25) is 9.69 Å². The van der Waals surface area contributed by atoms with Crippen LogP contribution in [-0.2, 0) is 17.8 Å². The van der Waals surface area contributed by atoms with Crippen LogP contribution in [0.5, 0.6) is 0 Å². The number of carbonyl (C=O) groups excluding carboxylic acids is 1. The number of rotatable bonds is 6. The van der Waals surface area contributed by atoms with E-state index < -0.39 is 0 Å². The first-order valence-electron chi connectivity index (χ1n) is 9.46. The molecule has 29 heavy (non-hydrogen) atoms. The molecule has 0 unspecified atom stereocenters. The Morgan fingerprint density at radius 1 is 1.28 bits per heavy atom. The van der Waals surface area contributed by atoms with Crippen molar-refractivity contribution in [1.29, 1.82) is 5.26 Å². The number of aliphatic hydroxyl groups is 1. The van der Waals surface area contributed by atoms with E-state index in [1.807, 2.05) is 10.6 Å². The molecule has 0 spiro atoms. The summed E-state index contributed by atoms with van der Waals surface area (Å²) in [6.07, 6.45) is 3.95. The number of benzene rings is 1. The third kappa shape index (κ3) is 5.34. The van der Waals surface area contributed by atoms with Crippen LogP contribution >= 0.6 is 11.6 Å². The molecule has 0 bridgehead atoms. The molecule has 3 rings (SSSR count). The highest BCUT2D eigenvalue weighted by atomic mass is 35.5. The molecule has 1 amide bonds. The Hall–Kier alpha value is -2.89. The molecule has 2 N–H and O–H groups in total. The zero-order valence-corrected chi connectivity index (χ0v) is 17.0. The fourth-order valence-corrected chi connectivity index (χ4v) is 3.41. The average Bonchev–Trinajstić information content (AvgIpc) is 2.92. The number of nitrogens with zero attached hydrogens (tertiary/aromatic N) is 5. The molecule has 0 atom stereocenters. The molecular formula is C20H23ClN6O2. The van der Waals surface area contributed by atoms with Crippen LogP contribution in [0.1, 0.15) is 30.9 Å². The lowest BCUT2D eigenvalue weighted by Gasteiger charge is -2.16. The monoisotopic (exact) mass is 414 g/mol. The lowest BCUT2D eigenvalue weighted by Crippen LogP contribution is -2.31. The van der Waals surface area contributed by atoms with E-state index in [0.29, 0.717) is 16.5 Å². The molecule has 1 aromatic carbocycles. The van der Waals surface area contributed by atoms with Gasteiger partial charge in [0.05, 0.1) is 13.1 Å². The van der Waals surface area contributed by atoms with Gasteiger partial charge in [-0.05, 0) is 44.2 Å². The maximum Gasteiger partial charge on any atom is 0.238 e. The second-order valence-electron chi connectivity index (χ2n) is 7.06. The maximum absolute atomic E-state index is 12.2. The van der Waals surface area contributed by atoms with Crippen LogP contribution in [0.15, 0.2) is 30.0 Å². The lowest BCUT2D eigenvalue weighted by molar-refractivity contribution is -0.117. The topological polar surface area (TPSA) is 107 Å². The van der Waals surface area contributed by atoms with E-state index in [2.05, 4.69) is 15.5 Å². The molecule has 0 aliphatic carbocycles. The van der Waals surface area contributed by atoms with Gasteiger partial charge in [-0.15, -0.1) is 10.2 Å². The fraction of sp³-hybridized carbons (Fsp3) is 0.400. The lowest BCUT2D eigenvalue weighted by atomic mass is 10.2. The van der Waals surface area contributed by atoms with Gasteiger partial charge in [-0.1, -0.05) is 18.0 Å². The van der Waals surface area contributed by atoms with Crippen LogP contribution in [0.2, 0.25) is 5.02 Å². The minimum atomic E-state index is -0.238. The van der Waals surface area contributed by atoms with E-state index in [-0.39, 0.29) is 30.3 Å². The molecule has 1 aliphatic rings. The van der Waals surface area contributed by atoms with E-state index in [9.17, 15) is 15.2 Å². The van der Waals surface area contributed by atoms with Crippen LogP contribution in [0.4, 0.5) is 5.69 Å². The molecule has 2 aromatic rings. The first kappa shape index (κ1) is 20.8. The van der Waals surface area contributed by atoms with Gasteiger partial charge in [0.25, 0.3) is 0 Å². The summed E-state index contributed by atoms with van der Waals surface area (Å²) in [4.78, 5) is 13.8. The van der Waals surface area contributed by atoms with Crippen LogP contribution in [0.25, 0.3) is 5.57 Å². The molecule has 0 fully saturated rings. The highest BCUT2D eigenvalue weighted by Crippen LogP contribution is 2.21. The van der Waals surface area contributed by atoms with Crippen molar-refractivity contribution in [3.63, 3.8) is 0 Å². The summed E-state index contributed by atoms with van der Waals surface area (Å²) in [6.45, 7) is 0.817. The van der Waals surface area contributed by atoms with Crippen molar-refractivity contribution in [3.8, 4) is 6.07 Å². The van der Waals surface area contributed by atoms with Crippen LogP contribution in [-0.4, -0.2) is 50.8 Å². The Kier molecular flexibility index (Phi) is 6.86. The van der Waals surface area contributed by atoms with Crippen molar-refractivity contribution in [3.05, 3.63) is 46.7 Å². The fourth-order valence-electron chi connectivity index (χ4n) is 3.28. The van der Waals surface area contributed by atoms with Crippen LogP contribution in [0.3, 0.4) is 0 Å². The number of aryl methyl sites for hydroxylation is 1. The van der Waals surface area contributed by atoms with Gasteiger partial charge in [0.2, 0.25) is 5.91 Å². The molecule has 1 aliphatic heterocycles. The summed E-state index contributed by atoms with van der Waals surface area (Å²) < 4.78 is 1.91. The predicted molar refractivity (Wildman–Crippen MR) is 110 cm³/mol.